The molecule has 1 fully saturated rings. The lowest BCUT2D eigenvalue weighted by atomic mass is 10.1. The van der Waals surface area contributed by atoms with Gasteiger partial charge in [0.2, 0.25) is 5.91 Å². The maximum Gasteiger partial charge on any atom is 0.239 e. The fraction of sp³-hybridized carbons (Fsp3) is 0.909. The summed E-state index contributed by atoms with van der Waals surface area (Å²) in [6.45, 7) is 4.16. The number of carbonyl (C=O) groups is 1. The third kappa shape index (κ3) is 6.46. The number of nitrogens with zero attached hydrogens (tertiary/aromatic N) is 1. The minimum Gasteiger partial charge on any atom is -0.353 e. The predicted molar refractivity (Wildman–Crippen MR) is 76.0 cm³/mol. The molecule has 1 aliphatic carbocycles. The van der Waals surface area contributed by atoms with E-state index in [4.69, 9.17) is 5.73 Å². The Morgan fingerprint density at radius 3 is 2.18 bits per heavy atom. The normalized spacial score (nSPS) is 16.8. The van der Waals surface area contributed by atoms with E-state index in [0.29, 0.717) is 12.6 Å². The summed E-state index contributed by atoms with van der Waals surface area (Å²) in [6.07, 6.45) is 2.56. The highest BCUT2D eigenvalue weighted by atomic mass is 35.5. The average Bonchev–Trinajstić information content (AvgIpc) is 2.85. The molecule has 1 aliphatic rings. The Morgan fingerprint density at radius 1 is 1.41 bits per heavy atom. The van der Waals surface area contributed by atoms with Crippen molar-refractivity contribution in [3.05, 3.63) is 0 Å². The summed E-state index contributed by atoms with van der Waals surface area (Å²) in [5.41, 5.74) is 4.93. The van der Waals surface area contributed by atoms with Crippen LogP contribution in [0.25, 0.3) is 0 Å². The van der Waals surface area contributed by atoms with Crippen LogP contribution < -0.4 is 11.1 Å². The van der Waals surface area contributed by atoms with Crippen molar-refractivity contribution in [3.63, 3.8) is 0 Å². The molecule has 1 amide bonds. The molecule has 0 bridgehead atoms. The largest absolute Gasteiger partial charge is 0.353 e. The van der Waals surface area contributed by atoms with E-state index in [2.05, 4.69) is 24.3 Å². The first-order chi connectivity index (χ1) is 6.82. The van der Waals surface area contributed by atoms with Gasteiger partial charge in [0, 0.05) is 12.6 Å². The van der Waals surface area contributed by atoms with Crippen molar-refractivity contribution >= 4 is 30.7 Å². The number of halogens is 2. The summed E-state index contributed by atoms with van der Waals surface area (Å²) in [4.78, 5) is 13.8. The lowest BCUT2D eigenvalue weighted by Gasteiger charge is -2.26. The monoisotopic (exact) mass is 285 g/mol. The third-order valence-corrected chi connectivity index (χ3v) is 2.89. The molecule has 1 unspecified atom stereocenters. The van der Waals surface area contributed by atoms with Crippen LogP contribution in [0.2, 0.25) is 0 Å². The summed E-state index contributed by atoms with van der Waals surface area (Å²) in [5, 5.41) is 2.92. The van der Waals surface area contributed by atoms with Crippen molar-refractivity contribution in [1.82, 2.24) is 10.2 Å². The van der Waals surface area contributed by atoms with Crippen LogP contribution >= 0.6 is 24.8 Å². The molecule has 0 spiro atoms. The second-order valence-corrected chi connectivity index (χ2v) is 5.30. The van der Waals surface area contributed by atoms with Gasteiger partial charge in [0.25, 0.3) is 0 Å². The molecule has 1 saturated carbocycles. The quantitative estimate of drug-likeness (QED) is 0.793. The molecule has 0 heterocycles. The van der Waals surface area contributed by atoms with E-state index < -0.39 is 5.54 Å². The van der Waals surface area contributed by atoms with E-state index >= 15 is 0 Å². The van der Waals surface area contributed by atoms with Crippen LogP contribution in [0, 0.1) is 5.92 Å². The second kappa shape index (κ2) is 7.41. The highest BCUT2D eigenvalue weighted by Gasteiger charge is 2.33. The fourth-order valence-corrected chi connectivity index (χ4v) is 1.68. The molecule has 0 aromatic carbocycles. The van der Waals surface area contributed by atoms with E-state index in [0.717, 1.165) is 5.92 Å². The van der Waals surface area contributed by atoms with Gasteiger partial charge in [0.15, 0.2) is 0 Å². The Balaban J connectivity index is 0. The summed E-state index contributed by atoms with van der Waals surface area (Å²) >= 11 is 0. The van der Waals surface area contributed by atoms with Crippen molar-refractivity contribution < 1.29 is 4.79 Å². The number of hydrogen-bond acceptors (Lipinski definition) is 3. The van der Waals surface area contributed by atoms with Crippen molar-refractivity contribution in [3.8, 4) is 0 Å². The SMILES string of the molecule is CN(C)C(CNC(=O)C(C)(C)N)C1CC1.Cl.Cl. The molecule has 0 aromatic rings. The van der Waals surface area contributed by atoms with E-state index in [-0.39, 0.29) is 30.7 Å². The van der Waals surface area contributed by atoms with Crippen molar-refractivity contribution in [1.29, 1.82) is 0 Å². The summed E-state index contributed by atoms with van der Waals surface area (Å²) in [7, 11) is 4.12. The molecule has 0 aliphatic heterocycles. The Bertz CT molecular complexity index is 235. The number of likely N-dealkylation sites (N-methyl/N-ethyl adjacent to an activating group) is 1. The van der Waals surface area contributed by atoms with Crippen molar-refractivity contribution in [2.24, 2.45) is 11.7 Å². The average molecular weight is 286 g/mol. The number of hydrogen-bond donors (Lipinski definition) is 2. The molecule has 17 heavy (non-hydrogen) atoms. The van der Waals surface area contributed by atoms with Crippen molar-refractivity contribution in [2.75, 3.05) is 20.6 Å². The predicted octanol–water partition coefficient (Wildman–Crippen LogP) is 1.02. The second-order valence-electron chi connectivity index (χ2n) is 5.30. The molecular formula is C11H25Cl2N3O. The van der Waals surface area contributed by atoms with Gasteiger partial charge >= 0.3 is 0 Å². The van der Waals surface area contributed by atoms with Crippen LogP contribution in [0.5, 0.6) is 0 Å². The first-order valence-corrected chi connectivity index (χ1v) is 5.56. The number of nitrogens with one attached hydrogen (secondary N) is 1. The zero-order chi connectivity index (χ0) is 11.6. The molecule has 0 aromatic heterocycles. The third-order valence-electron chi connectivity index (χ3n) is 2.89. The van der Waals surface area contributed by atoms with Crippen LogP contribution in [0.15, 0.2) is 0 Å². The maximum absolute atomic E-state index is 11.6. The smallest absolute Gasteiger partial charge is 0.239 e. The van der Waals surface area contributed by atoms with Crippen molar-refractivity contribution in [2.45, 2.75) is 38.3 Å². The summed E-state index contributed by atoms with van der Waals surface area (Å²) in [6, 6.07) is 0.455. The standard InChI is InChI=1S/C11H23N3O.2ClH/c1-11(2,12)10(15)13-7-9(14(3)4)8-5-6-8;;/h8-9H,5-7,12H2,1-4H3,(H,13,15);2*1H. The highest BCUT2D eigenvalue weighted by Crippen LogP contribution is 2.34. The Hall–Kier alpha value is -0.0300. The molecular weight excluding hydrogens is 261 g/mol. The minimum absolute atomic E-state index is 0. The maximum atomic E-state index is 11.6. The molecule has 3 N–H and O–H groups in total. The van der Waals surface area contributed by atoms with Gasteiger partial charge in [0.05, 0.1) is 5.54 Å². The first kappa shape index (κ1) is 19.3. The lowest BCUT2D eigenvalue weighted by Crippen LogP contribution is -2.52. The van der Waals surface area contributed by atoms with E-state index in [1.54, 1.807) is 13.8 Å². The molecule has 4 nitrogen and oxygen atoms in total. The number of amides is 1. The van der Waals surface area contributed by atoms with Crippen LogP contribution in [-0.4, -0.2) is 43.0 Å². The van der Waals surface area contributed by atoms with Gasteiger partial charge in [0.1, 0.15) is 0 Å². The molecule has 0 radical (unpaired) electrons. The minimum atomic E-state index is -0.777. The topological polar surface area (TPSA) is 58.4 Å². The van der Waals surface area contributed by atoms with Gasteiger partial charge in [-0.2, -0.15) is 0 Å². The van der Waals surface area contributed by atoms with Gasteiger partial charge in [-0.1, -0.05) is 0 Å². The van der Waals surface area contributed by atoms with E-state index in [9.17, 15) is 4.79 Å². The van der Waals surface area contributed by atoms with E-state index in [1.807, 2.05) is 0 Å². The zero-order valence-corrected chi connectivity index (χ0v) is 12.7. The summed E-state index contributed by atoms with van der Waals surface area (Å²) in [5.74, 6) is 0.677. The number of nitrogens with two attached hydrogens (primary N) is 1. The van der Waals surface area contributed by atoms with Gasteiger partial charge in [-0.05, 0) is 46.7 Å². The highest BCUT2D eigenvalue weighted by molar-refractivity contribution is 5.85. The molecule has 1 atom stereocenters. The van der Waals surface area contributed by atoms with Gasteiger partial charge in [-0.25, -0.2) is 0 Å². The Labute approximate surface area is 117 Å². The van der Waals surface area contributed by atoms with Gasteiger partial charge in [-0.3, -0.25) is 4.79 Å². The Kier molecular flexibility index (Phi) is 8.42. The van der Waals surface area contributed by atoms with Gasteiger partial charge in [-0.15, -0.1) is 24.8 Å². The van der Waals surface area contributed by atoms with Crippen LogP contribution in [0.3, 0.4) is 0 Å². The number of rotatable bonds is 5. The lowest BCUT2D eigenvalue weighted by molar-refractivity contribution is -0.125. The van der Waals surface area contributed by atoms with Crippen LogP contribution in [0.4, 0.5) is 0 Å². The molecule has 0 saturated heterocycles. The number of carbonyl (C=O) groups excluding carboxylic acids is 1. The molecule has 1 rings (SSSR count). The van der Waals surface area contributed by atoms with Gasteiger partial charge < -0.3 is 16.0 Å². The zero-order valence-electron chi connectivity index (χ0n) is 11.0. The van der Waals surface area contributed by atoms with Crippen LogP contribution in [0.1, 0.15) is 26.7 Å². The Morgan fingerprint density at radius 2 is 1.88 bits per heavy atom. The molecule has 6 heteroatoms. The first-order valence-electron chi connectivity index (χ1n) is 5.56. The molecule has 104 valence electrons. The van der Waals surface area contributed by atoms with Crippen LogP contribution in [-0.2, 0) is 4.79 Å². The summed E-state index contributed by atoms with van der Waals surface area (Å²) < 4.78 is 0. The van der Waals surface area contributed by atoms with E-state index in [1.165, 1.54) is 12.8 Å². The fourth-order valence-electron chi connectivity index (χ4n) is 1.68.